The van der Waals surface area contributed by atoms with Crippen LogP contribution in [0.1, 0.15) is 19.3 Å². The van der Waals surface area contributed by atoms with Gasteiger partial charge in [0.25, 0.3) is 5.92 Å². The average Bonchev–Trinajstić information content (AvgIpc) is 2.41. The van der Waals surface area contributed by atoms with Crippen LogP contribution in [0.5, 0.6) is 0 Å². The first-order chi connectivity index (χ1) is 6.06. The molecular formula is C8H11Cl2F2N. The Morgan fingerprint density at radius 2 is 2.31 bits per heavy atom. The number of halogens is 4. The Morgan fingerprint density at radius 1 is 1.62 bits per heavy atom. The number of hydrogen-bond donors (Lipinski definition) is 1. The molecule has 1 fully saturated rings. The van der Waals surface area contributed by atoms with E-state index in [9.17, 15) is 8.78 Å². The lowest BCUT2D eigenvalue weighted by molar-refractivity contribution is -0.0168. The van der Waals surface area contributed by atoms with Gasteiger partial charge >= 0.3 is 0 Å². The fourth-order valence-corrected chi connectivity index (χ4v) is 1.59. The van der Waals surface area contributed by atoms with Crippen LogP contribution in [-0.2, 0) is 0 Å². The van der Waals surface area contributed by atoms with Gasteiger partial charge in [0.05, 0.1) is 6.04 Å². The standard InChI is InChI=1S/C8H11Cl2F2N/c9-4-6(10)5-13-7-2-1-3-8(7,11)12/h4,7,13H,1-3,5H2/b6-4-. The number of nitrogens with one attached hydrogen (secondary N) is 1. The third kappa shape index (κ3) is 3.08. The van der Waals surface area contributed by atoms with Crippen molar-refractivity contribution in [2.45, 2.75) is 31.2 Å². The predicted molar refractivity (Wildman–Crippen MR) is 50.4 cm³/mol. The van der Waals surface area contributed by atoms with Crippen molar-refractivity contribution in [2.24, 2.45) is 0 Å². The Kier molecular flexibility index (Phi) is 3.95. The fraction of sp³-hybridized carbons (Fsp3) is 0.750. The van der Waals surface area contributed by atoms with Crippen LogP contribution in [0.25, 0.3) is 0 Å². The molecule has 1 nitrogen and oxygen atoms in total. The van der Waals surface area contributed by atoms with Gasteiger partial charge in [0.15, 0.2) is 0 Å². The highest BCUT2D eigenvalue weighted by atomic mass is 35.5. The van der Waals surface area contributed by atoms with Gasteiger partial charge in [-0.05, 0) is 12.8 Å². The first kappa shape index (κ1) is 11.2. The molecule has 0 radical (unpaired) electrons. The molecule has 1 aliphatic carbocycles. The molecular weight excluding hydrogens is 219 g/mol. The summed E-state index contributed by atoms with van der Waals surface area (Å²) in [6.45, 7) is 0.214. The van der Waals surface area contributed by atoms with Gasteiger partial charge in [-0.3, -0.25) is 0 Å². The summed E-state index contributed by atoms with van der Waals surface area (Å²) in [5, 5.41) is 3.04. The van der Waals surface area contributed by atoms with E-state index in [4.69, 9.17) is 23.2 Å². The van der Waals surface area contributed by atoms with Crippen molar-refractivity contribution in [1.29, 1.82) is 0 Å². The quantitative estimate of drug-likeness (QED) is 0.785. The average molecular weight is 230 g/mol. The Morgan fingerprint density at radius 3 is 2.77 bits per heavy atom. The van der Waals surface area contributed by atoms with Crippen molar-refractivity contribution in [1.82, 2.24) is 5.32 Å². The zero-order chi connectivity index (χ0) is 9.90. The highest BCUT2D eigenvalue weighted by molar-refractivity contribution is 6.36. The Labute approximate surface area is 86.1 Å². The maximum Gasteiger partial charge on any atom is 0.263 e. The van der Waals surface area contributed by atoms with E-state index in [0.29, 0.717) is 17.9 Å². The van der Waals surface area contributed by atoms with Gasteiger partial charge in [-0.25, -0.2) is 8.78 Å². The molecule has 0 bridgehead atoms. The molecule has 0 spiro atoms. The topological polar surface area (TPSA) is 12.0 Å². The summed E-state index contributed by atoms with van der Waals surface area (Å²) in [5.41, 5.74) is 1.18. The molecule has 0 aromatic heterocycles. The van der Waals surface area contributed by atoms with Crippen LogP contribution < -0.4 is 5.32 Å². The van der Waals surface area contributed by atoms with E-state index in [1.807, 2.05) is 0 Å². The molecule has 1 N–H and O–H groups in total. The van der Waals surface area contributed by atoms with Crippen LogP contribution in [0.3, 0.4) is 0 Å². The molecule has 0 saturated heterocycles. The molecule has 0 aromatic carbocycles. The van der Waals surface area contributed by atoms with E-state index in [0.717, 1.165) is 0 Å². The molecule has 0 heterocycles. The van der Waals surface area contributed by atoms with Crippen LogP contribution in [0.2, 0.25) is 0 Å². The van der Waals surface area contributed by atoms with Gasteiger partial charge in [-0.2, -0.15) is 0 Å². The Balaban J connectivity index is 2.37. The van der Waals surface area contributed by atoms with E-state index in [1.165, 1.54) is 5.54 Å². The van der Waals surface area contributed by atoms with Crippen LogP contribution in [0, 0.1) is 0 Å². The monoisotopic (exact) mass is 229 g/mol. The van der Waals surface area contributed by atoms with Gasteiger partial charge in [-0.15, -0.1) is 0 Å². The fourth-order valence-electron chi connectivity index (χ4n) is 1.44. The minimum absolute atomic E-state index is 0.0348. The molecule has 1 saturated carbocycles. The van der Waals surface area contributed by atoms with E-state index in [2.05, 4.69) is 5.32 Å². The normalized spacial score (nSPS) is 28.0. The molecule has 5 heteroatoms. The lowest BCUT2D eigenvalue weighted by Gasteiger charge is -2.19. The van der Waals surface area contributed by atoms with Crippen molar-refractivity contribution in [2.75, 3.05) is 6.54 Å². The highest BCUT2D eigenvalue weighted by Crippen LogP contribution is 2.34. The smallest absolute Gasteiger partial charge is 0.263 e. The molecule has 1 aliphatic rings. The first-order valence-corrected chi connectivity index (χ1v) is 4.93. The summed E-state index contributed by atoms with van der Waals surface area (Å²) in [7, 11) is 0. The van der Waals surface area contributed by atoms with Crippen molar-refractivity contribution in [3.8, 4) is 0 Å². The van der Waals surface area contributed by atoms with E-state index in [1.54, 1.807) is 0 Å². The molecule has 13 heavy (non-hydrogen) atoms. The van der Waals surface area contributed by atoms with E-state index in [-0.39, 0.29) is 13.0 Å². The molecule has 1 atom stereocenters. The van der Waals surface area contributed by atoms with Crippen molar-refractivity contribution in [3.63, 3.8) is 0 Å². The van der Waals surface area contributed by atoms with Crippen molar-refractivity contribution in [3.05, 3.63) is 10.6 Å². The van der Waals surface area contributed by atoms with Gasteiger partial charge in [-0.1, -0.05) is 23.2 Å². The Bertz CT molecular complexity index is 206. The van der Waals surface area contributed by atoms with Crippen molar-refractivity contribution < 1.29 is 8.78 Å². The predicted octanol–water partition coefficient (Wildman–Crippen LogP) is 3.08. The summed E-state index contributed by atoms with van der Waals surface area (Å²) in [6.07, 6.45) is 1.03. The minimum atomic E-state index is -2.59. The number of alkyl halides is 2. The maximum absolute atomic E-state index is 13.0. The number of hydrogen-bond acceptors (Lipinski definition) is 1. The second-order valence-electron chi connectivity index (χ2n) is 3.14. The van der Waals surface area contributed by atoms with Gasteiger partial charge in [0.2, 0.25) is 0 Å². The van der Waals surface area contributed by atoms with E-state index >= 15 is 0 Å². The molecule has 1 unspecified atom stereocenters. The van der Waals surface area contributed by atoms with Gasteiger partial charge < -0.3 is 5.32 Å². The molecule has 0 aliphatic heterocycles. The third-order valence-corrected chi connectivity index (χ3v) is 2.77. The van der Waals surface area contributed by atoms with Gasteiger partial charge in [0.1, 0.15) is 0 Å². The van der Waals surface area contributed by atoms with Crippen LogP contribution in [-0.4, -0.2) is 18.5 Å². The molecule has 76 valence electrons. The van der Waals surface area contributed by atoms with Crippen LogP contribution in [0.4, 0.5) is 8.78 Å². The van der Waals surface area contributed by atoms with Gasteiger partial charge in [0, 0.05) is 23.5 Å². The SMILES string of the molecule is FC1(F)CCCC1NC/C(Cl)=C/Cl. The third-order valence-electron chi connectivity index (χ3n) is 2.15. The maximum atomic E-state index is 13.0. The summed E-state index contributed by atoms with van der Waals surface area (Å²) in [5.74, 6) is -2.59. The summed E-state index contributed by atoms with van der Waals surface area (Å²) >= 11 is 10.8. The summed E-state index contributed by atoms with van der Waals surface area (Å²) < 4.78 is 26.0. The number of rotatable bonds is 3. The molecule has 0 amide bonds. The molecule has 0 aromatic rings. The van der Waals surface area contributed by atoms with Crippen LogP contribution in [0.15, 0.2) is 10.6 Å². The second kappa shape index (κ2) is 4.58. The lowest BCUT2D eigenvalue weighted by Crippen LogP contribution is -2.41. The molecule has 1 rings (SSSR count). The summed E-state index contributed by atoms with van der Waals surface area (Å²) in [4.78, 5) is 0. The zero-order valence-electron chi connectivity index (χ0n) is 6.99. The lowest BCUT2D eigenvalue weighted by atomic mass is 10.2. The largest absolute Gasteiger partial charge is 0.304 e. The van der Waals surface area contributed by atoms with E-state index < -0.39 is 12.0 Å². The second-order valence-corrected chi connectivity index (χ2v) is 3.85. The Hall–Kier alpha value is 0.140. The van der Waals surface area contributed by atoms with Crippen molar-refractivity contribution >= 4 is 23.2 Å². The van der Waals surface area contributed by atoms with Crippen LogP contribution >= 0.6 is 23.2 Å². The minimum Gasteiger partial charge on any atom is -0.304 e. The zero-order valence-corrected chi connectivity index (χ0v) is 8.51. The first-order valence-electron chi connectivity index (χ1n) is 4.12. The highest BCUT2D eigenvalue weighted by Gasteiger charge is 2.43. The summed E-state index contributed by atoms with van der Waals surface area (Å²) in [6, 6.07) is -0.752.